The van der Waals surface area contributed by atoms with Crippen LogP contribution in [0.5, 0.6) is 0 Å². The van der Waals surface area contributed by atoms with Crippen molar-refractivity contribution < 1.29 is 0 Å². The van der Waals surface area contributed by atoms with Crippen molar-refractivity contribution in [2.75, 3.05) is 18.0 Å². The monoisotopic (exact) mass is 256 g/mol. The molecule has 0 bridgehead atoms. The van der Waals surface area contributed by atoms with Crippen LogP contribution in [0.2, 0.25) is 0 Å². The van der Waals surface area contributed by atoms with Gasteiger partial charge in [0.25, 0.3) is 0 Å². The summed E-state index contributed by atoms with van der Waals surface area (Å²) >= 11 is 0. The van der Waals surface area contributed by atoms with E-state index < -0.39 is 0 Å². The Morgan fingerprint density at radius 2 is 2.05 bits per heavy atom. The van der Waals surface area contributed by atoms with Crippen molar-refractivity contribution in [3.8, 4) is 5.69 Å². The lowest BCUT2D eigenvalue weighted by atomic mass is 9.94. The maximum atomic E-state index is 6.18. The first-order valence-corrected chi connectivity index (χ1v) is 6.85. The summed E-state index contributed by atoms with van der Waals surface area (Å²) in [6, 6.07) is 10.5. The highest BCUT2D eigenvalue weighted by molar-refractivity contribution is 5.44. The van der Waals surface area contributed by atoms with Gasteiger partial charge in [-0.3, -0.25) is 4.57 Å². The summed E-state index contributed by atoms with van der Waals surface area (Å²) in [4.78, 5) is 6.80. The van der Waals surface area contributed by atoms with Crippen LogP contribution in [0.15, 0.2) is 42.7 Å². The number of para-hydroxylation sites is 1. The standard InChI is InChI=1S/C15H20N4/c1-12-7-9-18(11-14(12)16)15-17-8-10-19(15)13-5-3-2-4-6-13/h2-6,8,10,12,14H,7,9,11,16H2,1H3. The predicted octanol–water partition coefficient (Wildman–Crippen LogP) is 2.05. The van der Waals surface area contributed by atoms with E-state index in [0.29, 0.717) is 5.92 Å². The van der Waals surface area contributed by atoms with E-state index in [1.165, 1.54) is 0 Å². The van der Waals surface area contributed by atoms with Crippen LogP contribution in [-0.4, -0.2) is 28.7 Å². The summed E-state index contributed by atoms with van der Waals surface area (Å²) in [5.74, 6) is 1.59. The highest BCUT2D eigenvalue weighted by atomic mass is 15.3. The fourth-order valence-electron chi connectivity index (χ4n) is 2.60. The van der Waals surface area contributed by atoms with Crippen molar-refractivity contribution in [2.24, 2.45) is 11.7 Å². The Kier molecular flexibility index (Phi) is 3.25. The molecule has 1 aliphatic heterocycles. The smallest absolute Gasteiger partial charge is 0.210 e. The van der Waals surface area contributed by atoms with Crippen LogP contribution in [0.3, 0.4) is 0 Å². The van der Waals surface area contributed by atoms with Gasteiger partial charge in [-0.05, 0) is 24.5 Å². The summed E-state index contributed by atoms with van der Waals surface area (Å²) in [6.07, 6.45) is 4.99. The molecule has 1 aliphatic rings. The van der Waals surface area contributed by atoms with E-state index in [2.05, 4.69) is 33.5 Å². The quantitative estimate of drug-likeness (QED) is 0.894. The average molecular weight is 256 g/mol. The summed E-state index contributed by atoms with van der Waals surface area (Å²) < 4.78 is 2.13. The number of benzene rings is 1. The zero-order chi connectivity index (χ0) is 13.2. The molecule has 2 unspecified atom stereocenters. The molecule has 0 radical (unpaired) electrons. The molecule has 1 aromatic carbocycles. The number of nitrogens with zero attached hydrogens (tertiary/aromatic N) is 3. The van der Waals surface area contributed by atoms with Gasteiger partial charge in [0.05, 0.1) is 0 Å². The zero-order valence-electron chi connectivity index (χ0n) is 11.2. The Labute approximate surface area is 113 Å². The van der Waals surface area contributed by atoms with E-state index >= 15 is 0 Å². The van der Waals surface area contributed by atoms with Crippen LogP contribution in [0.1, 0.15) is 13.3 Å². The van der Waals surface area contributed by atoms with Crippen molar-refractivity contribution in [3.63, 3.8) is 0 Å². The largest absolute Gasteiger partial charge is 0.340 e. The molecule has 19 heavy (non-hydrogen) atoms. The summed E-state index contributed by atoms with van der Waals surface area (Å²) in [5, 5.41) is 0. The Hall–Kier alpha value is -1.81. The number of anilines is 1. The van der Waals surface area contributed by atoms with Crippen LogP contribution in [0, 0.1) is 5.92 Å². The van der Waals surface area contributed by atoms with Gasteiger partial charge in [0, 0.05) is 37.2 Å². The number of aromatic nitrogens is 2. The van der Waals surface area contributed by atoms with E-state index in [9.17, 15) is 0 Å². The minimum absolute atomic E-state index is 0.231. The Morgan fingerprint density at radius 1 is 1.26 bits per heavy atom. The molecule has 3 rings (SSSR count). The molecule has 4 nitrogen and oxygen atoms in total. The van der Waals surface area contributed by atoms with Gasteiger partial charge in [0.2, 0.25) is 5.95 Å². The van der Waals surface area contributed by atoms with Crippen molar-refractivity contribution in [3.05, 3.63) is 42.7 Å². The van der Waals surface area contributed by atoms with E-state index in [0.717, 1.165) is 31.1 Å². The Balaban J connectivity index is 1.89. The van der Waals surface area contributed by atoms with E-state index in [4.69, 9.17) is 5.73 Å². The second kappa shape index (κ2) is 5.05. The summed E-state index contributed by atoms with van der Waals surface area (Å²) in [7, 11) is 0. The number of hydrogen-bond donors (Lipinski definition) is 1. The third-order valence-corrected chi connectivity index (χ3v) is 3.95. The molecule has 1 saturated heterocycles. The minimum atomic E-state index is 0.231. The van der Waals surface area contributed by atoms with Gasteiger partial charge in [-0.2, -0.15) is 0 Å². The molecule has 0 saturated carbocycles. The summed E-state index contributed by atoms with van der Waals surface area (Å²) in [6.45, 7) is 4.13. The molecule has 2 N–H and O–H groups in total. The molecule has 0 amide bonds. The van der Waals surface area contributed by atoms with Crippen molar-refractivity contribution in [1.82, 2.24) is 9.55 Å². The van der Waals surface area contributed by atoms with E-state index in [-0.39, 0.29) is 6.04 Å². The molecule has 4 heteroatoms. The first-order chi connectivity index (χ1) is 9.25. The molecule has 0 aliphatic carbocycles. The molecule has 2 heterocycles. The maximum Gasteiger partial charge on any atom is 0.210 e. The second-order valence-electron chi connectivity index (χ2n) is 5.31. The van der Waals surface area contributed by atoms with Crippen molar-refractivity contribution in [1.29, 1.82) is 0 Å². The van der Waals surface area contributed by atoms with Crippen molar-refractivity contribution >= 4 is 5.95 Å². The molecule has 0 spiro atoms. The third-order valence-electron chi connectivity index (χ3n) is 3.95. The van der Waals surface area contributed by atoms with Gasteiger partial charge in [-0.1, -0.05) is 25.1 Å². The number of piperidine rings is 1. The first kappa shape index (κ1) is 12.2. The third kappa shape index (κ3) is 2.36. The first-order valence-electron chi connectivity index (χ1n) is 6.85. The molecule has 100 valence electrons. The molecular formula is C15H20N4. The number of hydrogen-bond acceptors (Lipinski definition) is 3. The zero-order valence-corrected chi connectivity index (χ0v) is 11.2. The Morgan fingerprint density at radius 3 is 2.79 bits per heavy atom. The maximum absolute atomic E-state index is 6.18. The van der Waals surface area contributed by atoms with Gasteiger partial charge in [-0.25, -0.2) is 4.98 Å². The lowest BCUT2D eigenvalue weighted by Gasteiger charge is -2.35. The predicted molar refractivity (Wildman–Crippen MR) is 77.5 cm³/mol. The highest BCUT2D eigenvalue weighted by Crippen LogP contribution is 2.23. The molecule has 2 atom stereocenters. The van der Waals surface area contributed by atoms with E-state index in [1.54, 1.807) is 0 Å². The van der Waals surface area contributed by atoms with Gasteiger partial charge in [0.15, 0.2) is 0 Å². The van der Waals surface area contributed by atoms with E-state index in [1.807, 2.05) is 30.6 Å². The lowest BCUT2D eigenvalue weighted by Crippen LogP contribution is -2.48. The van der Waals surface area contributed by atoms with Gasteiger partial charge in [-0.15, -0.1) is 0 Å². The van der Waals surface area contributed by atoms with Crippen LogP contribution in [-0.2, 0) is 0 Å². The number of imidazole rings is 1. The van der Waals surface area contributed by atoms with Crippen LogP contribution in [0.25, 0.3) is 5.69 Å². The number of rotatable bonds is 2. The molecular weight excluding hydrogens is 236 g/mol. The average Bonchev–Trinajstić information content (AvgIpc) is 2.92. The fraction of sp³-hybridized carbons (Fsp3) is 0.400. The van der Waals surface area contributed by atoms with Crippen LogP contribution >= 0.6 is 0 Å². The minimum Gasteiger partial charge on any atom is -0.340 e. The molecule has 1 aromatic heterocycles. The van der Waals surface area contributed by atoms with Gasteiger partial charge >= 0.3 is 0 Å². The lowest BCUT2D eigenvalue weighted by molar-refractivity contribution is 0.376. The molecule has 2 aromatic rings. The van der Waals surface area contributed by atoms with Crippen molar-refractivity contribution in [2.45, 2.75) is 19.4 Å². The normalized spacial score (nSPS) is 23.6. The topological polar surface area (TPSA) is 47.1 Å². The highest BCUT2D eigenvalue weighted by Gasteiger charge is 2.25. The summed E-state index contributed by atoms with van der Waals surface area (Å²) in [5.41, 5.74) is 7.33. The second-order valence-corrected chi connectivity index (χ2v) is 5.31. The Bertz CT molecular complexity index is 534. The van der Waals surface area contributed by atoms with Crippen LogP contribution < -0.4 is 10.6 Å². The fourth-order valence-corrected chi connectivity index (χ4v) is 2.60. The van der Waals surface area contributed by atoms with Gasteiger partial charge < -0.3 is 10.6 Å². The van der Waals surface area contributed by atoms with Crippen LogP contribution in [0.4, 0.5) is 5.95 Å². The molecule has 1 fully saturated rings. The van der Waals surface area contributed by atoms with Gasteiger partial charge in [0.1, 0.15) is 0 Å². The number of nitrogens with two attached hydrogens (primary N) is 1. The SMILES string of the molecule is CC1CCN(c2nccn2-c2ccccc2)CC1N.